The maximum absolute atomic E-state index is 12.4. The first kappa shape index (κ1) is 18.9. The van der Waals surface area contributed by atoms with Crippen molar-refractivity contribution in [3.05, 3.63) is 53.6 Å². The van der Waals surface area contributed by atoms with Crippen LogP contribution in [-0.2, 0) is 14.3 Å². The van der Waals surface area contributed by atoms with Crippen LogP contribution in [0.3, 0.4) is 0 Å². The first-order valence-corrected chi connectivity index (χ1v) is 9.11. The number of hydrogen-bond donors (Lipinski definition) is 2. The van der Waals surface area contributed by atoms with Gasteiger partial charge in [0.15, 0.2) is 0 Å². The highest BCUT2D eigenvalue weighted by Gasteiger charge is 2.17. The van der Waals surface area contributed by atoms with Gasteiger partial charge >= 0.3 is 0 Å². The second-order valence-corrected chi connectivity index (χ2v) is 6.71. The second kappa shape index (κ2) is 8.68. The molecule has 0 bridgehead atoms. The van der Waals surface area contributed by atoms with E-state index in [2.05, 4.69) is 15.5 Å². The lowest BCUT2D eigenvalue weighted by Gasteiger charge is -2.30. The predicted molar refractivity (Wildman–Crippen MR) is 107 cm³/mol. The molecule has 2 aromatic rings. The number of amides is 2. The van der Waals surface area contributed by atoms with Crippen LogP contribution in [0.2, 0.25) is 0 Å². The molecule has 6 heteroatoms. The van der Waals surface area contributed by atoms with Gasteiger partial charge in [0, 0.05) is 18.8 Å². The van der Waals surface area contributed by atoms with Crippen LogP contribution < -0.4 is 15.5 Å². The molecule has 0 spiro atoms. The lowest BCUT2D eigenvalue weighted by molar-refractivity contribution is -0.123. The number of hydrogen-bond acceptors (Lipinski definition) is 4. The van der Waals surface area contributed by atoms with Crippen molar-refractivity contribution in [2.45, 2.75) is 20.3 Å². The van der Waals surface area contributed by atoms with E-state index >= 15 is 0 Å². The summed E-state index contributed by atoms with van der Waals surface area (Å²) in [7, 11) is 0. The first-order chi connectivity index (χ1) is 13.0. The van der Waals surface area contributed by atoms with Gasteiger partial charge in [0.1, 0.15) is 6.42 Å². The van der Waals surface area contributed by atoms with Gasteiger partial charge in [-0.1, -0.05) is 29.8 Å². The van der Waals surface area contributed by atoms with Gasteiger partial charge in [0.2, 0.25) is 11.8 Å². The van der Waals surface area contributed by atoms with Crippen LogP contribution in [0.4, 0.5) is 17.1 Å². The van der Waals surface area contributed by atoms with Gasteiger partial charge in [-0.15, -0.1) is 0 Å². The van der Waals surface area contributed by atoms with Crippen LogP contribution in [0.1, 0.15) is 17.5 Å². The summed E-state index contributed by atoms with van der Waals surface area (Å²) in [6, 6.07) is 13.4. The molecule has 1 saturated heterocycles. The van der Waals surface area contributed by atoms with Crippen molar-refractivity contribution in [2.75, 3.05) is 41.8 Å². The SMILES string of the molecule is Cc1ccc(NC(=O)CC(=O)Nc2ccccc2N2CCOCC2)c(C)c1. The fourth-order valence-corrected chi connectivity index (χ4v) is 3.15. The van der Waals surface area contributed by atoms with E-state index in [4.69, 9.17) is 4.74 Å². The topological polar surface area (TPSA) is 70.7 Å². The van der Waals surface area contributed by atoms with Gasteiger partial charge in [0.25, 0.3) is 0 Å². The zero-order valence-electron chi connectivity index (χ0n) is 15.7. The third-order valence-corrected chi connectivity index (χ3v) is 4.51. The number of morpholine rings is 1. The molecule has 142 valence electrons. The normalized spacial score (nSPS) is 13.9. The first-order valence-electron chi connectivity index (χ1n) is 9.11. The summed E-state index contributed by atoms with van der Waals surface area (Å²) in [5, 5.41) is 5.67. The summed E-state index contributed by atoms with van der Waals surface area (Å²) in [6.07, 6.45) is -0.231. The molecule has 1 fully saturated rings. The van der Waals surface area contributed by atoms with E-state index in [0.717, 1.165) is 35.6 Å². The molecule has 0 atom stereocenters. The van der Waals surface area contributed by atoms with Crippen LogP contribution in [0.5, 0.6) is 0 Å². The summed E-state index contributed by atoms with van der Waals surface area (Å²) in [5.41, 5.74) is 4.49. The number of para-hydroxylation sites is 2. The molecule has 3 rings (SSSR count). The summed E-state index contributed by atoms with van der Waals surface area (Å²) >= 11 is 0. The minimum Gasteiger partial charge on any atom is -0.378 e. The van der Waals surface area contributed by atoms with Crippen molar-refractivity contribution in [3.8, 4) is 0 Å². The van der Waals surface area contributed by atoms with Crippen LogP contribution in [-0.4, -0.2) is 38.1 Å². The number of anilines is 3. The minimum atomic E-state index is -0.335. The zero-order valence-corrected chi connectivity index (χ0v) is 15.7. The molecule has 1 aliphatic heterocycles. The second-order valence-electron chi connectivity index (χ2n) is 6.71. The van der Waals surface area contributed by atoms with Crippen LogP contribution in [0.15, 0.2) is 42.5 Å². The molecular weight excluding hydrogens is 342 g/mol. The molecule has 0 aliphatic carbocycles. The number of nitrogens with zero attached hydrogens (tertiary/aromatic N) is 1. The molecule has 2 aromatic carbocycles. The van der Waals surface area contributed by atoms with E-state index in [-0.39, 0.29) is 18.2 Å². The molecule has 0 aromatic heterocycles. The van der Waals surface area contributed by atoms with Crippen molar-refractivity contribution in [3.63, 3.8) is 0 Å². The van der Waals surface area contributed by atoms with Crippen molar-refractivity contribution < 1.29 is 14.3 Å². The highest BCUT2D eigenvalue weighted by molar-refractivity contribution is 6.09. The number of rotatable bonds is 5. The molecular formula is C21H25N3O3. The smallest absolute Gasteiger partial charge is 0.233 e. The maximum atomic E-state index is 12.4. The van der Waals surface area contributed by atoms with Crippen LogP contribution in [0, 0.1) is 13.8 Å². The van der Waals surface area contributed by atoms with Gasteiger partial charge in [-0.25, -0.2) is 0 Å². The number of carbonyl (C=O) groups excluding carboxylic acids is 2. The van der Waals surface area contributed by atoms with E-state index in [9.17, 15) is 9.59 Å². The Morgan fingerprint density at radius 1 is 0.963 bits per heavy atom. The van der Waals surface area contributed by atoms with Gasteiger partial charge in [-0.2, -0.15) is 0 Å². The molecule has 2 amide bonds. The monoisotopic (exact) mass is 367 g/mol. The molecule has 1 heterocycles. The van der Waals surface area contributed by atoms with E-state index in [1.165, 1.54) is 0 Å². The summed E-state index contributed by atoms with van der Waals surface area (Å²) in [5.74, 6) is -0.665. The third-order valence-electron chi connectivity index (χ3n) is 4.51. The Labute approximate surface area is 159 Å². The lowest BCUT2D eigenvalue weighted by atomic mass is 10.1. The Morgan fingerprint density at radius 2 is 1.63 bits per heavy atom. The molecule has 6 nitrogen and oxygen atoms in total. The third kappa shape index (κ3) is 5.08. The fraction of sp³-hybridized carbons (Fsp3) is 0.333. The quantitative estimate of drug-likeness (QED) is 0.797. The van der Waals surface area contributed by atoms with E-state index in [0.29, 0.717) is 18.9 Å². The highest BCUT2D eigenvalue weighted by Crippen LogP contribution is 2.26. The van der Waals surface area contributed by atoms with Crippen molar-refractivity contribution in [2.24, 2.45) is 0 Å². The number of ether oxygens (including phenoxy) is 1. The number of carbonyl (C=O) groups is 2. The average Bonchev–Trinajstić information content (AvgIpc) is 2.65. The lowest BCUT2D eigenvalue weighted by Crippen LogP contribution is -2.36. The van der Waals surface area contributed by atoms with Crippen molar-refractivity contribution in [1.82, 2.24) is 0 Å². The Hall–Kier alpha value is -2.86. The number of aryl methyl sites for hydroxylation is 2. The Morgan fingerprint density at radius 3 is 2.33 bits per heavy atom. The minimum absolute atomic E-state index is 0.231. The largest absolute Gasteiger partial charge is 0.378 e. The number of benzene rings is 2. The molecule has 0 radical (unpaired) electrons. The van der Waals surface area contributed by atoms with Crippen LogP contribution in [0.25, 0.3) is 0 Å². The highest BCUT2D eigenvalue weighted by atomic mass is 16.5. The Bertz CT molecular complexity index is 829. The van der Waals surface area contributed by atoms with Crippen LogP contribution >= 0.6 is 0 Å². The standard InChI is InChI=1S/C21H25N3O3/c1-15-7-8-17(16(2)13-15)22-20(25)14-21(26)23-18-5-3-4-6-19(18)24-9-11-27-12-10-24/h3-8,13H,9-12,14H2,1-2H3,(H,22,25)(H,23,26). The van der Waals surface area contributed by atoms with Gasteiger partial charge < -0.3 is 20.3 Å². The Balaban J connectivity index is 1.61. The Kier molecular flexibility index (Phi) is 6.08. The molecule has 27 heavy (non-hydrogen) atoms. The van der Waals surface area contributed by atoms with Gasteiger partial charge in [-0.3, -0.25) is 9.59 Å². The average molecular weight is 367 g/mol. The maximum Gasteiger partial charge on any atom is 0.233 e. The molecule has 0 saturated carbocycles. The van der Waals surface area contributed by atoms with Gasteiger partial charge in [0.05, 0.1) is 24.6 Å². The van der Waals surface area contributed by atoms with Crippen molar-refractivity contribution >= 4 is 28.9 Å². The summed E-state index contributed by atoms with van der Waals surface area (Å²) < 4.78 is 5.39. The summed E-state index contributed by atoms with van der Waals surface area (Å²) in [6.45, 7) is 6.82. The van der Waals surface area contributed by atoms with E-state index in [1.807, 2.05) is 56.3 Å². The van der Waals surface area contributed by atoms with Crippen molar-refractivity contribution in [1.29, 1.82) is 0 Å². The fourth-order valence-electron chi connectivity index (χ4n) is 3.15. The summed E-state index contributed by atoms with van der Waals surface area (Å²) in [4.78, 5) is 26.8. The van der Waals surface area contributed by atoms with E-state index in [1.54, 1.807) is 0 Å². The molecule has 0 unspecified atom stereocenters. The number of nitrogens with one attached hydrogen (secondary N) is 2. The zero-order chi connectivity index (χ0) is 19.2. The molecule has 1 aliphatic rings. The van der Waals surface area contributed by atoms with Gasteiger partial charge in [-0.05, 0) is 37.6 Å². The predicted octanol–water partition coefficient (Wildman–Crippen LogP) is 3.11. The molecule has 2 N–H and O–H groups in total. The van der Waals surface area contributed by atoms with E-state index < -0.39 is 0 Å².